The third-order valence-electron chi connectivity index (χ3n) is 11.8. The van der Waals surface area contributed by atoms with Gasteiger partial charge in [-0.2, -0.15) is 0 Å². The number of nitrogens with zero attached hydrogens (tertiary/aromatic N) is 3. The summed E-state index contributed by atoms with van der Waals surface area (Å²) in [4.78, 5) is 10.2. The van der Waals surface area contributed by atoms with Crippen molar-refractivity contribution in [3.05, 3.63) is 199 Å². The van der Waals surface area contributed by atoms with E-state index in [0.717, 1.165) is 33.6 Å². The minimum Gasteiger partial charge on any atom is -0.309 e. The van der Waals surface area contributed by atoms with Crippen molar-refractivity contribution in [2.24, 2.45) is 0 Å². The second-order valence-electron chi connectivity index (χ2n) is 15.4. The smallest absolute Gasteiger partial charge is 0.160 e. The second kappa shape index (κ2) is 12.5. The van der Waals surface area contributed by atoms with Gasteiger partial charge in [-0.05, 0) is 74.5 Å². The first kappa shape index (κ1) is 32.3. The summed E-state index contributed by atoms with van der Waals surface area (Å²) in [6.07, 6.45) is 0. The van der Waals surface area contributed by atoms with Crippen LogP contribution in [-0.2, 0) is 5.41 Å². The van der Waals surface area contributed by atoms with E-state index in [-0.39, 0.29) is 5.41 Å². The fourth-order valence-electron chi connectivity index (χ4n) is 9.17. The van der Waals surface area contributed by atoms with Crippen LogP contribution in [0.15, 0.2) is 188 Å². The number of fused-ring (bicyclic) bond motifs is 10. The molecule has 0 spiro atoms. The lowest BCUT2D eigenvalue weighted by Gasteiger charge is -2.24. The van der Waals surface area contributed by atoms with Crippen LogP contribution in [0, 0.1) is 0 Å². The van der Waals surface area contributed by atoms with Crippen LogP contribution in [0.3, 0.4) is 0 Å². The van der Waals surface area contributed by atoms with E-state index in [0.29, 0.717) is 5.82 Å². The molecule has 0 amide bonds. The van der Waals surface area contributed by atoms with Gasteiger partial charge in [0.15, 0.2) is 5.82 Å². The molecular formula is C53H37N3. The highest BCUT2D eigenvalue weighted by Crippen LogP contribution is 2.56. The molecule has 8 aromatic carbocycles. The van der Waals surface area contributed by atoms with Crippen molar-refractivity contribution in [3.63, 3.8) is 0 Å². The van der Waals surface area contributed by atoms with Crippen LogP contribution in [0.5, 0.6) is 0 Å². The van der Waals surface area contributed by atoms with Gasteiger partial charge in [0.1, 0.15) is 0 Å². The lowest BCUT2D eigenvalue weighted by molar-refractivity contribution is 0.664. The van der Waals surface area contributed by atoms with E-state index >= 15 is 0 Å². The molecule has 3 nitrogen and oxygen atoms in total. The number of para-hydroxylation sites is 1. The SMILES string of the molecule is CC1(C)c2ccccc2-c2c1c1c(c3ccccc23)c2cc(-c3ccc(-c4nc(-c5ccccc5)cc(-c5ccccc5)n4)cc3)ccc2n1-c1ccccc1. The van der Waals surface area contributed by atoms with Gasteiger partial charge in [0, 0.05) is 38.6 Å². The predicted molar refractivity (Wildman–Crippen MR) is 233 cm³/mol. The van der Waals surface area contributed by atoms with E-state index in [2.05, 4.69) is 194 Å². The Morgan fingerprint density at radius 3 is 1.68 bits per heavy atom. The fourth-order valence-corrected chi connectivity index (χ4v) is 9.17. The van der Waals surface area contributed by atoms with Crippen molar-refractivity contribution in [2.45, 2.75) is 19.3 Å². The minimum absolute atomic E-state index is 0.186. The highest BCUT2D eigenvalue weighted by molar-refractivity contribution is 6.27. The molecule has 1 aliphatic carbocycles. The second-order valence-corrected chi connectivity index (χ2v) is 15.4. The molecule has 0 aliphatic heterocycles. The van der Waals surface area contributed by atoms with Crippen molar-refractivity contribution in [1.29, 1.82) is 0 Å². The van der Waals surface area contributed by atoms with Gasteiger partial charge in [-0.3, -0.25) is 0 Å². The Balaban J connectivity index is 1.11. The molecule has 0 bridgehead atoms. The fraction of sp³-hybridized carbons (Fsp3) is 0.0566. The molecular weight excluding hydrogens is 679 g/mol. The summed E-state index contributed by atoms with van der Waals surface area (Å²) in [5, 5.41) is 5.15. The van der Waals surface area contributed by atoms with Gasteiger partial charge in [0.2, 0.25) is 0 Å². The van der Waals surface area contributed by atoms with Crippen LogP contribution in [0.1, 0.15) is 25.0 Å². The topological polar surface area (TPSA) is 30.7 Å². The summed E-state index contributed by atoms with van der Waals surface area (Å²) in [5.74, 6) is 0.710. The van der Waals surface area contributed by atoms with Crippen LogP contribution in [0.25, 0.3) is 94.4 Å². The van der Waals surface area contributed by atoms with Gasteiger partial charge >= 0.3 is 0 Å². The summed E-state index contributed by atoms with van der Waals surface area (Å²) in [6, 6.07) is 67.4. The van der Waals surface area contributed by atoms with E-state index in [4.69, 9.17) is 9.97 Å². The summed E-state index contributed by atoms with van der Waals surface area (Å²) in [5.41, 5.74) is 16.2. The third kappa shape index (κ3) is 4.91. The van der Waals surface area contributed by atoms with Gasteiger partial charge < -0.3 is 4.57 Å². The van der Waals surface area contributed by atoms with Gasteiger partial charge in [-0.25, -0.2) is 9.97 Å². The van der Waals surface area contributed by atoms with E-state index < -0.39 is 0 Å². The van der Waals surface area contributed by atoms with Gasteiger partial charge in [0.25, 0.3) is 0 Å². The number of aromatic nitrogens is 3. The first-order valence-electron chi connectivity index (χ1n) is 19.3. The first-order valence-corrected chi connectivity index (χ1v) is 19.3. The van der Waals surface area contributed by atoms with E-state index in [1.54, 1.807) is 0 Å². The van der Waals surface area contributed by atoms with Crippen molar-refractivity contribution < 1.29 is 0 Å². The summed E-state index contributed by atoms with van der Waals surface area (Å²) in [6.45, 7) is 4.79. The molecule has 0 N–H and O–H groups in total. The van der Waals surface area contributed by atoms with E-state index in [9.17, 15) is 0 Å². The maximum Gasteiger partial charge on any atom is 0.160 e. The summed E-state index contributed by atoms with van der Waals surface area (Å²) < 4.78 is 2.51. The lowest BCUT2D eigenvalue weighted by atomic mass is 9.80. The average molecular weight is 716 g/mol. The number of rotatable bonds is 5. The monoisotopic (exact) mass is 715 g/mol. The Morgan fingerprint density at radius 2 is 1.00 bits per heavy atom. The minimum atomic E-state index is -0.186. The number of benzene rings is 8. The van der Waals surface area contributed by atoms with Crippen LogP contribution in [0.2, 0.25) is 0 Å². The molecule has 0 fully saturated rings. The molecule has 264 valence electrons. The largest absolute Gasteiger partial charge is 0.309 e. The zero-order valence-corrected chi connectivity index (χ0v) is 31.2. The summed E-state index contributed by atoms with van der Waals surface area (Å²) in [7, 11) is 0. The Morgan fingerprint density at radius 1 is 0.446 bits per heavy atom. The molecule has 0 atom stereocenters. The molecule has 11 rings (SSSR count). The van der Waals surface area contributed by atoms with Crippen molar-refractivity contribution in [3.8, 4) is 61.8 Å². The zero-order valence-electron chi connectivity index (χ0n) is 31.2. The maximum atomic E-state index is 5.08. The lowest BCUT2D eigenvalue weighted by Crippen LogP contribution is -2.16. The molecule has 3 heteroatoms. The summed E-state index contributed by atoms with van der Waals surface area (Å²) >= 11 is 0. The highest BCUT2D eigenvalue weighted by atomic mass is 15.0. The molecule has 2 heterocycles. The average Bonchev–Trinajstić information content (AvgIpc) is 3.73. The predicted octanol–water partition coefficient (Wildman–Crippen LogP) is 13.7. The maximum absolute atomic E-state index is 5.08. The van der Waals surface area contributed by atoms with Crippen LogP contribution < -0.4 is 0 Å². The van der Waals surface area contributed by atoms with Gasteiger partial charge in [-0.15, -0.1) is 0 Å². The van der Waals surface area contributed by atoms with E-state index in [1.165, 1.54) is 66.1 Å². The first-order chi connectivity index (χ1) is 27.5. The van der Waals surface area contributed by atoms with Crippen molar-refractivity contribution >= 4 is 32.6 Å². The van der Waals surface area contributed by atoms with Gasteiger partial charge in [-0.1, -0.05) is 172 Å². The third-order valence-corrected chi connectivity index (χ3v) is 11.8. The quantitative estimate of drug-likeness (QED) is 0.178. The Bertz CT molecular complexity index is 3070. The van der Waals surface area contributed by atoms with Crippen molar-refractivity contribution in [2.75, 3.05) is 0 Å². The molecule has 10 aromatic rings. The van der Waals surface area contributed by atoms with Crippen LogP contribution >= 0.6 is 0 Å². The molecule has 0 radical (unpaired) electrons. The molecule has 0 unspecified atom stereocenters. The Hall–Kier alpha value is -7.10. The molecule has 0 saturated heterocycles. The standard InChI is InChI=1S/C53H37N3/c1-53(2)44-25-15-14-24-42(44)48-40-22-12-13-23-41(40)49-43-32-38(30-31-47(43)56(51(49)50(48)53)39-20-10-5-11-21-39)34-26-28-37(29-27-34)52-54-45(35-16-6-3-7-17-35)33-46(55-52)36-18-8-4-9-19-36/h3-33H,1-2H3. The number of hydrogen-bond acceptors (Lipinski definition) is 2. The Labute approximate surface area is 326 Å². The molecule has 2 aromatic heterocycles. The van der Waals surface area contributed by atoms with Crippen LogP contribution in [0.4, 0.5) is 0 Å². The van der Waals surface area contributed by atoms with Crippen molar-refractivity contribution in [1.82, 2.24) is 14.5 Å². The molecule has 1 aliphatic rings. The molecule has 0 saturated carbocycles. The zero-order chi connectivity index (χ0) is 37.4. The van der Waals surface area contributed by atoms with Gasteiger partial charge in [0.05, 0.1) is 22.4 Å². The highest BCUT2D eigenvalue weighted by Gasteiger charge is 2.40. The molecule has 56 heavy (non-hydrogen) atoms. The van der Waals surface area contributed by atoms with E-state index in [1.807, 2.05) is 12.1 Å². The Kier molecular flexibility index (Phi) is 7.20. The van der Waals surface area contributed by atoms with Crippen LogP contribution in [-0.4, -0.2) is 14.5 Å². The normalized spacial score (nSPS) is 13.0. The number of hydrogen-bond donors (Lipinski definition) is 0.